The van der Waals surface area contributed by atoms with Gasteiger partial charge in [0.2, 0.25) is 0 Å². The van der Waals surface area contributed by atoms with Crippen LogP contribution in [-0.2, 0) is 0 Å². The van der Waals surface area contributed by atoms with Crippen LogP contribution in [0.4, 0.5) is 10.1 Å². The van der Waals surface area contributed by atoms with Crippen molar-refractivity contribution in [3.05, 3.63) is 85.2 Å². The molecule has 7 heteroatoms. The molecule has 35 heavy (non-hydrogen) atoms. The van der Waals surface area contributed by atoms with Crippen molar-refractivity contribution in [1.82, 2.24) is 25.1 Å². The van der Waals surface area contributed by atoms with Gasteiger partial charge in [-0.3, -0.25) is 15.1 Å². The molecular formula is C28H23FN6. The molecule has 0 aliphatic rings. The average molecular weight is 463 g/mol. The van der Waals surface area contributed by atoms with E-state index in [0.717, 1.165) is 55.6 Å². The van der Waals surface area contributed by atoms with Crippen LogP contribution in [0, 0.1) is 5.82 Å². The van der Waals surface area contributed by atoms with E-state index >= 15 is 0 Å². The van der Waals surface area contributed by atoms with Crippen LogP contribution in [-0.4, -0.2) is 31.2 Å². The van der Waals surface area contributed by atoms with Gasteiger partial charge in [-0.15, -0.1) is 0 Å². The summed E-state index contributed by atoms with van der Waals surface area (Å²) in [6.45, 7) is 4.20. The molecule has 6 aromatic rings. The lowest BCUT2D eigenvalue weighted by molar-refractivity contribution is 0.631. The maximum Gasteiger partial charge on any atom is 0.131 e. The van der Waals surface area contributed by atoms with Crippen molar-refractivity contribution in [2.24, 2.45) is 0 Å². The Bertz CT molecular complexity index is 1680. The zero-order valence-electron chi connectivity index (χ0n) is 19.3. The number of hydrogen-bond acceptors (Lipinski definition) is 4. The fourth-order valence-corrected chi connectivity index (χ4v) is 4.48. The predicted molar refractivity (Wildman–Crippen MR) is 139 cm³/mol. The summed E-state index contributed by atoms with van der Waals surface area (Å²) in [5.41, 5.74) is 7.69. The number of aromatic nitrogens is 5. The molecule has 6 rings (SSSR count). The quantitative estimate of drug-likeness (QED) is 0.263. The summed E-state index contributed by atoms with van der Waals surface area (Å²) in [4.78, 5) is 12.2. The fourth-order valence-electron chi connectivity index (χ4n) is 4.48. The van der Waals surface area contributed by atoms with Crippen LogP contribution < -0.4 is 5.32 Å². The molecule has 0 bridgehead atoms. The van der Waals surface area contributed by atoms with E-state index in [2.05, 4.69) is 62.5 Å². The van der Waals surface area contributed by atoms with Gasteiger partial charge in [-0.2, -0.15) is 5.10 Å². The highest BCUT2D eigenvalue weighted by Crippen LogP contribution is 2.35. The van der Waals surface area contributed by atoms with Crippen molar-refractivity contribution < 1.29 is 4.39 Å². The Kier molecular flexibility index (Phi) is 5.03. The van der Waals surface area contributed by atoms with E-state index in [1.54, 1.807) is 24.5 Å². The van der Waals surface area contributed by atoms with Gasteiger partial charge in [0.15, 0.2) is 0 Å². The van der Waals surface area contributed by atoms with Gasteiger partial charge in [0.05, 0.1) is 28.6 Å². The SMILES string of the molecule is CC(C)Nc1cncc(-c2ccc3[nH]nc(-c4cc5c(-c6ccccc6F)cncc5[nH]4)c3c2)c1. The molecule has 0 amide bonds. The Labute approximate surface area is 201 Å². The van der Waals surface area contributed by atoms with E-state index in [0.29, 0.717) is 11.6 Å². The largest absolute Gasteiger partial charge is 0.382 e. The Balaban J connectivity index is 1.46. The van der Waals surface area contributed by atoms with Crippen molar-refractivity contribution in [2.45, 2.75) is 19.9 Å². The van der Waals surface area contributed by atoms with Crippen LogP contribution in [0.5, 0.6) is 0 Å². The molecule has 3 N–H and O–H groups in total. The number of anilines is 1. The summed E-state index contributed by atoms with van der Waals surface area (Å²) in [6, 6.07) is 17.4. The number of pyridine rings is 2. The lowest BCUT2D eigenvalue weighted by Gasteiger charge is -2.11. The molecule has 2 aromatic carbocycles. The highest BCUT2D eigenvalue weighted by molar-refractivity contribution is 6.01. The monoisotopic (exact) mass is 462 g/mol. The van der Waals surface area contributed by atoms with Crippen LogP contribution in [0.1, 0.15) is 13.8 Å². The van der Waals surface area contributed by atoms with Gasteiger partial charge < -0.3 is 10.3 Å². The van der Waals surface area contributed by atoms with Gasteiger partial charge in [0, 0.05) is 52.1 Å². The normalized spacial score (nSPS) is 11.5. The number of nitrogens with one attached hydrogen (secondary N) is 3. The van der Waals surface area contributed by atoms with Crippen molar-refractivity contribution in [1.29, 1.82) is 0 Å². The molecule has 4 aromatic heterocycles. The molecule has 0 atom stereocenters. The molecular weight excluding hydrogens is 439 g/mol. The highest BCUT2D eigenvalue weighted by atomic mass is 19.1. The van der Waals surface area contributed by atoms with E-state index in [-0.39, 0.29) is 5.82 Å². The van der Waals surface area contributed by atoms with E-state index < -0.39 is 0 Å². The fraction of sp³-hybridized carbons (Fsp3) is 0.107. The Morgan fingerprint density at radius 3 is 2.51 bits per heavy atom. The van der Waals surface area contributed by atoms with Crippen molar-refractivity contribution in [2.75, 3.05) is 5.32 Å². The molecule has 0 saturated heterocycles. The molecule has 0 aliphatic carbocycles. The van der Waals surface area contributed by atoms with Crippen LogP contribution in [0.3, 0.4) is 0 Å². The first kappa shape index (κ1) is 21.0. The van der Waals surface area contributed by atoms with E-state index in [1.807, 2.05) is 30.6 Å². The molecule has 0 fully saturated rings. The first-order valence-electron chi connectivity index (χ1n) is 11.5. The Morgan fingerprint density at radius 2 is 1.66 bits per heavy atom. The summed E-state index contributed by atoms with van der Waals surface area (Å²) in [7, 11) is 0. The Morgan fingerprint density at radius 1 is 0.800 bits per heavy atom. The van der Waals surface area contributed by atoms with Crippen LogP contribution in [0.15, 0.2) is 79.4 Å². The molecule has 0 unspecified atom stereocenters. The lowest BCUT2D eigenvalue weighted by atomic mass is 10.0. The van der Waals surface area contributed by atoms with E-state index in [9.17, 15) is 4.39 Å². The minimum Gasteiger partial charge on any atom is -0.382 e. The smallest absolute Gasteiger partial charge is 0.131 e. The second-order valence-electron chi connectivity index (χ2n) is 8.91. The minimum absolute atomic E-state index is 0.276. The third-order valence-corrected chi connectivity index (χ3v) is 6.05. The highest BCUT2D eigenvalue weighted by Gasteiger charge is 2.16. The number of rotatable bonds is 5. The lowest BCUT2D eigenvalue weighted by Crippen LogP contribution is -2.09. The number of fused-ring (bicyclic) bond motifs is 2. The third-order valence-electron chi connectivity index (χ3n) is 6.05. The second-order valence-corrected chi connectivity index (χ2v) is 8.91. The van der Waals surface area contributed by atoms with Crippen LogP contribution >= 0.6 is 0 Å². The minimum atomic E-state index is -0.276. The molecule has 0 spiro atoms. The summed E-state index contributed by atoms with van der Waals surface area (Å²) >= 11 is 0. The van der Waals surface area contributed by atoms with Gasteiger partial charge in [-0.1, -0.05) is 24.3 Å². The van der Waals surface area contributed by atoms with Crippen LogP contribution in [0.2, 0.25) is 0 Å². The van der Waals surface area contributed by atoms with Crippen molar-refractivity contribution >= 4 is 27.5 Å². The second kappa shape index (κ2) is 8.36. The summed E-state index contributed by atoms with van der Waals surface area (Å²) < 4.78 is 14.5. The molecule has 0 aliphatic heterocycles. The third kappa shape index (κ3) is 3.81. The Hall–Kier alpha value is -4.52. The van der Waals surface area contributed by atoms with Crippen molar-refractivity contribution in [3.8, 4) is 33.6 Å². The molecule has 0 radical (unpaired) electrons. The topological polar surface area (TPSA) is 82.3 Å². The number of hydrogen-bond donors (Lipinski definition) is 3. The predicted octanol–water partition coefficient (Wildman–Crippen LogP) is 6.79. The van der Waals surface area contributed by atoms with Gasteiger partial charge in [0.1, 0.15) is 11.5 Å². The van der Waals surface area contributed by atoms with Gasteiger partial charge in [-0.25, -0.2) is 4.39 Å². The maximum atomic E-state index is 14.5. The summed E-state index contributed by atoms with van der Waals surface area (Å²) in [6.07, 6.45) is 7.14. The number of nitrogens with zero attached hydrogens (tertiary/aromatic N) is 3. The average Bonchev–Trinajstić information content (AvgIpc) is 3.47. The van der Waals surface area contributed by atoms with Crippen molar-refractivity contribution in [3.63, 3.8) is 0 Å². The molecule has 6 nitrogen and oxygen atoms in total. The van der Waals surface area contributed by atoms with Gasteiger partial charge in [0.25, 0.3) is 0 Å². The maximum absolute atomic E-state index is 14.5. The first-order valence-corrected chi connectivity index (χ1v) is 11.5. The number of aromatic amines is 2. The summed E-state index contributed by atoms with van der Waals surface area (Å²) in [5, 5.41) is 13.0. The van der Waals surface area contributed by atoms with Crippen LogP contribution in [0.25, 0.3) is 55.4 Å². The standard InChI is InChI=1S/C28H23FN6/c1-16(2)32-19-9-18(12-30-13-19)17-7-8-25-22(10-17)28(35-34-25)26-11-21-23(14-31-15-27(21)33-26)20-5-3-4-6-24(20)29/h3-16,32-33H,1-2H3,(H,34,35). The summed E-state index contributed by atoms with van der Waals surface area (Å²) in [5.74, 6) is -0.276. The van der Waals surface area contributed by atoms with E-state index in [1.165, 1.54) is 6.07 Å². The number of halogens is 1. The first-order chi connectivity index (χ1) is 17.1. The number of H-pyrrole nitrogens is 2. The number of benzene rings is 2. The van der Waals surface area contributed by atoms with E-state index in [4.69, 9.17) is 0 Å². The molecule has 172 valence electrons. The zero-order chi connectivity index (χ0) is 23.9. The van der Waals surface area contributed by atoms with Gasteiger partial charge in [-0.05, 0) is 49.7 Å². The molecule has 4 heterocycles. The molecule has 0 saturated carbocycles. The van der Waals surface area contributed by atoms with Gasteiger partial charge >= 0.3 is 0 Å². The zero-order valence-corrected chi connectivity index (χ0v) is 19.3.